The normalized spacial score (nSPS) is 12.2. The summed E-state index contributed by atoms with van der Waals surface area (Å²) in [7, 11) is 0. The topological polar surface area (TPSA) is 82.0 Å². The SMILES string of the molecule is OCc1cc(C(O)CNCCCCCCOCCCSc2ccccc2)ccc1O. The third kappa shape index (κ3) is 9.96. The van der Waals surface area contributed by atoms with E-state index in [4.69, 9.17) is 4.74 Å². The van der Waals surface area contributed by atoms with E-state index in [1.807, 2.05) is 17.8 Å². The fourth-order valence-corrected chi connectivity index (χ4v) is 3.92. The number of aliphatic hydroxyl groups is 2. The fourth-order valence-electron chi connectivity index (χ4n) is 3.07. The van der Waals surface area contributed by atoms with Crippen LogP contribution in [0.5, 0.6) is 5.75 Å². The van der Waals surface area contributed by atoms with Gasteiger partial charge < -0.3 is 25.4 Å². The van der Waals surface area contributed by atoms with Crippen molar-refractivity contribution in [3.8, 4) is 5.75 Å². The number of unbranched alkanes of at least 4 members (excludes halogenated alkanes) is 3. The van der Waals surface area contributed by atoms with Crippen LogP contribution in [0.25, 0.3) is 0 Å². The van der Waals surface area contributed by atoms with Gasteiger partial charge in [0.1, 0.15) is 5.75 Å². The maximum Gasteiger partial charge on any atom is 0.121 e. The predicted molar refractivity (Wildman–Crippen MR) is 123 cm³/mol. The highest BCUT2D eigenvalue weighted by atomic mass is 32.2. The van der Waals surface area contributed by atoms with Gasteiger partial charge in [-0.2, -0.15) is 0 Å². The fraction of sp³-hybridized carbons (Fsp3) is 0.500. The lowest BCUT2D eigenvalue weighted by molar-refractivity contribution is 0.131. The van der Waals surface area contributed by atoms with E-state index in [0.29, 0.717) is 17.7 Å². The van der Waals surface area contributed by atoms with Crippen LogP contribution in [0.2, 0.25) is 0 Å². The summed E-state index contributed by atoms with van der Waals surface area (Å²) in [4.78, 5) is 1.32. The Kier molecular flexibility index (Phi) is 12.6. The minimum Gasteiger partial charge on any atom is -0.508 e. The summed E-state index contributed by atoms with van der Waals surface area (Å²) >= 11 is 1.88. The third-order valence-electron chi connectivity index (χ3n) is 4.83. The van der Waals surface area contributed by atoms with Gasteiger partial charge in [-0.1, -0.05) is 37.1 Å². The average Bonchev–Trinajstić information content (AvgIpc) is 2.77. The number of thioether (sulfide) groups is 1. The number of hydrogen-bond acceptors (Lipinski definition) is 6. The highest BCUT2D eigenvalue weighted by Gasteiger charge is 2.09. The Morgan fingerprint density at radius 2 is 1.70 bits per heavy atom. The molecule has 4 N–H and O–H groups in total. The number of phenols is 1. The van der Waals surface area contributed by atoms with E-state index in [-0.39, 0.29) is 12.4 Å². The first-order valence-electron chi connectivity index (χ1n) is 10.8. The molecule has 166 valence electrons. The maximum absolute atomic E-state index is 10.2. The number of aromatic hydroxyl groups is 1. The number of aliphatic hydroxyl groups excluding tert-OH is 2. The van der Waals surface area contributed by atoms with Crippen LogP contribution in [0.4, 0.5) is 0 Å². The van der Waals surface area contributed by atoms with E-state index >= 15 is 0 Å². The predicted octanol–water partition coefficient (Wildman–Crippen LogP) is 4.27. The second-order valence-corrected chi connectivity index (χ2v) is 8.48. The lowest BCUT2D eigenvalue weighted by atomic mass is 10.1. The summed E-state index contributed by atoms with van der Waals surface area (Å²) in [5.41, 5.74) is 1.13. The molecule has 1 atom stereocenters. The molecule has 0 bridgehead atoms. The van der Waals surface area contributed by atoms with Crippen molar-refractivity contribution in [3.05, 3.63) is 59.7 Å². The van der Waals surface area contributed by atoms with Crippen LogP contribution in [-0.4, -0.2) is 47.4 Å². The van der Waals surface area contributed by atoms with E-state index in [1.54, 1.807) is 12.1 Å². The smallest absolute Gasteiger partial charge is 0.121 e. The molecule has 6 heteroatoms. The molecule has 2 rings (SSSR count). The molecule has 2 aromatic rings. The average molecular weight is 434 g/mol. The standard InChI is InChI=1S/C24H35NO4S/c26-19-21-17-20(11-12-23(21)27)24(28)18-25-13-6-1-2-7-14-29-15-8-16-30-22-9-4-3-5-10-22/h3-5,9-12,17,24-28H,1-2,6-8,13-16,18-19H2. The van der Waals surface area contributed by atoms with Gasteiger partial charge in [-0.3, -0.25) is 0 Å². The third-order valence-corrected chi connectivity index (χ3v) is 5.93. The van der Waals surface area contributed by atoms with Gasteiger partial charge in [0.25, 0.3) is 0 Å². The molecule has 0 spiro atoms. The van der Waals surface area contributed by atoms with Crippen LogP contribution in [0, 0.1) is 0 Å². The summed E-state index contributed by atoms with van der Waals surface area (Å²) in [5.74, 6) is 1.14. The van der Waals surface area contributed by atoms with Gasteiger partial charge >= 0.3 is 0 Å². The molecule has 1 unspecified atom stereocenters. The van der Waals surface area contributed by atoms with Crippen molar-refractivity contribution in [2.45, 2.75) is 49.7 Å². The van der Waals surface area contributed by atoms with Crippen molar-refractivity contribution in [2.75, 3.05) is 32.1 Å². The molecule has 2 aromatic carbocycles. The van der Waals surface area contributed by atoms with Crippen molar-refractivity contribution in [2.24, 2.45) is 0 Å². The molecule has 0 fully saturated rings. The highest BCUT2D eigenvalue weighted by molar-refractivity contribution is 7.99. The van der Waals surface area contributed by atoms with Gasteiger partial charge in [-0.25, -0.2) is 0 Å². The van der Waals surface area contributed by atoms with E-state index in [2.05, 4.69) is 29.6 Å². The summed E-state index contributed by atoms with van der Waals surface area (Å²) in [6.45, 7) is 2.74. The van der Waals surface area contributed by atoms with Crippen LogP contribution >= 0.6 is 11.8 Å². The van der Waals surface area contributed by atoms with Gasteiger partial charge in [-0.05, 0) is 55.6 Å². The Hall–Kier alpha value is -1.57. The number of ether oxygens (including phenoxy) is 1. The lowest BCUT2D eigenvalue weighted by Crippen LogP contribution is -2.22. The van der Waals surface area contributed by atoms with Crippen molar-refractivity contribution >= 4 is 11.8 Å². The molecule has 0 amide bonds. The number of hydrogen-bond donors (Lipinski definition) is 4. The van der Waals surface area contributed by atoms with E-state index < -0.39 is 6.10 Å². The molecule has 5 nitrogen and oxygen atoms in total. The zero-order valence-electron chi connectivity index (χ0n) is 17.6. The Morgan fingerprint density at radius 3 is 2.50 bits per heavy atom. The van der Waals surface area contributed by atoms with Crippen molar-refractivity contribution in [3.63, 3.8) is 0 Å². The van der Waals surface area contributed by atoms with Gasteiger partial charge in [0, 0.05) is 36.0 Å². The van der Waals surface area contributed by atoms with Gasteiger partial charge in [-0.15, -0.1) is 11.8 Å². The molecule has 0 saturated heterocycles. The molecular formula is C24H35NO4S. The van der Waals surface area contributed by atoms with Crippen molar-refractivity contribution in [1.29, 1.82) is 0 Å². The van der Waals surface area contributed by atoms with Crippen molar-refractivity contribution in [1.82, 2.24) is 5.32 Å². The van der Waals surface area contributed by atoms with Crippen molar-refractivity contribution < 1.29 is 20.1 Å². The molecule has 0 aliphatic heterocycles. The minimum atomic E-state index is -0.649. The Balaban J connectivity index is 1.39. The van der Waals surface area contributed by atoms with E-state index in [0.717, 1.165) is 57.6 Å². The first-order chi connectivity index (χ1) is 14.7. The van der Waals surface area contributed by atoms with Crippen LogP contribution < -0.4 is 5.32 Å². The zero-order valence-corrected chi connectivity index (χ0v) is 18.4. The number of rotatable bonds is 16. The molecule has 0 aliphatic rings. The second kappa shape index (κ2) is 15.3. The van der Waals surface area contributed by atoms with Gasteiger partial charge in [0.15, 0.2) is 0 Å². The molecule has 0 heterocycles. The molecular weight excluding hydrogens is 398 g/mol. The first-order valence-corrected chi connectivity index (χ1v) is 11.8. The van der Waals surface area contributed by atoms with Gasteiger partial charge in [0.05, 0.1) is 12.7 Å². The maximum atomic E-state index is 10.2. The Labute approximate surface area is 184 Å². The first kappa shape index (κ1) is 24.7. The molecule has 0 radical (unpaired) electrons. The quantitative estimate of drug-likeness (QED) is 0.234. The van der Waals surface area contributed by atoms with Crippen LogP contribution in [-0.2, 0) is 11.3 Å². The minimum absolute atomic E-state index is 0.0523. The van der Waals surface area contributed by atoms with Crippen LogP contribution in [0.3, 0.4) is 0 Å². The molecule has 0 aliphatic carbocycles. The summed E-state index contributed by atoms with van der Waals surface area (Å²) in [5, 5.41) is 32.3. The summed E-state index contributed by atoms with van der Waals surface area (Å²) in [6, 6.07) is 15.3. The summed E-state index contributed by atoms with van der Waals surface area (Å²) < 4.78 is 5.71. The van der Waals surface area contributed by atoms with Gasteiger partial charge in [0.2, 0.25) is 0 Å². The number of benzene rings is 2. The molecule has 0 saturated carbocycles. The lowest BCUT2D eigenvalue weighted by Gasteiger charge is -2.14. The Morgan fingerprint density at radius 1 is 0.933 bits per heavy atom. The number of nitrogens with one attached hydrogen (secondary N) is 1. The Bertz CT molecular complexity index is 699. The monoisotopic (exact) mass is 433 g/mol. The van der Waals surface area contributed by atoms with Crippen LogP contribution in [0.15, 0.2) is 53.4 Å². The van der Waals surface area contributed by atoms with E-state index in [1.165, 1.54) is 11.0 Å². The highest BCUT2D eigenvalue weighted by Crippen LogP contribution is 2.22. The van der Waals surface area contributed by atoms with Crippen LogP contribution in [0.1, 0.15) is 49.3 Å². The summed E-state index contributed by atoms with van der Waals surface area (Å²) in [6.07, 6.45) is 4.88. The van der Waals surface area contributed by atoms with E-state index in [9.17, 15) is 15.3 Å². The molecule has 0 aromatic heterocycles. The largest absolute Gasteiger partial charge is 0.508 e. The zero-order chi connectivity index (χ0) is 21.4. The molecule has 30 heavy (non-hydrogen) atoms. The second-order valence-electron chi connectivity index (χ2n) is 7.31.